The normalized spacial score (nSPS) is 39.6. The van der Waals surface area contributed by atoms with Crippen LogP contribution in [-0.2, 0) is 0 Å². The van der Waals surface area contributed by atoms with Crippen molar-refractivity contribution in [2.75, 3.05) is 26.2 Å². The van der Waals surface area contributed by atoms with Gasteiger partial charge in [0.2, 0.25) is 0 Å². The van der Waals surface area contributed by atoms with Crippen molar-refractivity contribution in [3.63, 3.8) is 0 Å². The number of nitrogens with one attached hydrogen (secondary N) is 1. The molecule has 2 heterocycles. The first kappa shape index (κ1) is 15.6. The van der Waals surface area contributed by atoms with Crippen molar-refractivity contribution >= 4 is 0 Å². The molecule has 0 radical (unpaired) electrons. The Kier molecular flexibility index (Phi) is 4.51. The van der Waals surface area contributed by atoms with Crippen molar-refractivity contribution in [2.45, 2.75) is 63.6 Å². The lowest BCUT2D eigenvalue weighted by Crippen LogP contribution is -2.54. The molecular weight excluding hydrogens is 277 g/mol. The summed E-state index contributed by atoms with van der Waals surface area (Å²) in [6, 6.07) is 0.157. The third-order valence-electron chi connectivity index (χ3n) is 5.88. The summed E-state index contributed by atoms with van der Waals surface area (Å²) in [5.41, 5.74) is 0.335. The summed E-state index contributed by atoms with van der Waals surface area (Å²) < 4.78 is 39.0. The lowest BCUT2D eigenvalue weighted by molar-refractivity contribution is -0.187. The highest BCUT2D eigenvalue weighted by atomic mass is 19.4. The Morgan fingerprint density at radius 1 is 1.05 bits per heavy atom. The Hall–Kier alpha value is -0.290. The molecule has 3 rings (SSSR count). The summed E-state index contributed by atoms with van der Waals surface area (Å²) >= 11 is 0. The maximum atomic E-state index is 13.0. The molecule has 122 valence electrons. The second-order valence-corrected chi connectivity index (χ2v) is 7.41. The molecule has 0 aromatic carbocycles. The van der Waals surface area contributed by atoms with Crippen LogP contribution in [0.3, 0.4) is 0 Å². The molecule has 3 atom stereocenters. The smallest absolute Gasteiger partial charge is 0.316 e. The summed E-state index contributed by atoms with van der Waals surface area (Å²) in [6.45, 7) is 4.16. The summed E-state index contributed by atoms with van der Waals surface area (Å²) in [5.74, 6) is -1.07. The zero-order chi connectivity index (χ0) is 14.9. The van der Waals surface area contributed by atoms with Crippen LogP contribution in [0, 0.1) is 11.3 Å². The van der Waals surface area contributed by atoms with Crippen molar-refractivity contribution in [1.82, 2.24) is 10.2 Å². The zero-order valence-corrected chi connectivity index (χ0v) is 12.7. The Morgan fingerprint density at radius 3 is 2.57 bits per heavy atom. The first-order valence-corrected chi connectivity index (χ1v) is 8.50. The van der Waals surface area contributed by atoms with Gasteiger partial charge in [0.15, 0.2) is 0 Å². The molecule has 3 unspecified atom stereocenters. The number of hydrogen-bond acceptors (Lipinski definition) is 2. The summed E-state index contributed by atoms with van der Waals surface area (Å²) in [5, 5.41) is 3.50. The molecule has 1 spiro atoms. The highest BCUT2D eigenvalue weighted by Gasteiger charge is 2.45. The highest BCUT2D eigenvalue weighted by Crippen LogP contribution is 2.42. The molecule has 0 aromatic rings. The van der Waals surface area contributed by atoms with E-state index in [4.69, 9.17) is 0 Å². The van der Waals surface area contributed by atoms with E-state index >= 15 is 0 Å². The van der Waals surface area contributed by atoms with E-state index in [0.29, 0.717) is 18.3 Å². The van der Waals surface area contributed by atoms with Gasteiger partial charge < -0.3 is 5.32 Å². The third-order valence-corrected chi connectivity index (χ3v) is 5.88. The average molecular weight is 304 g/mol. The highest BCUT2D eigenvalue weighted by molar-refractivity contribution is 4.94. The minimum Gasteiger partial charge on any atom is -0.316 e. The number of likely N-dealkylation sites (tertiary alicyclic amines) is 1. The predicted molar refractivity (Wildman–Crippen MR) is 77.1 cm³/mol. The second-order valence-electron chi connectivity index (χ2n) is 7.41. The first-order chi connectivity index (χ1) is 9.99. The fourth-order valence-electron chi connectivity index (χ4n) is 4.73. The van der Waals surface area contributed by atoms with Crippen LogP contribution in [0.1, 0.15) is 51.4 Å². The topological polar surface area (TPSA) is 15.3 Å². The number of nitrogens with zero attached hydrogens (tertiary/aromatic N) is 1. The average Bonchev–Trinajstić information content (AvgIpc) is 2.47. The van der Waals surface area contributed by atoms with Crippen LogP contribution in [0.25, 0.3) is 0 Å². The van der Waals surface area contributed by atoms with Crippen LogP contribution < -0.4 is 5.32 Å². The minimum absolute atomic E-state index is 0.157. The van der Waals surface area contributed by atoms with Crippen LogP contribution in [0.2, 0.25) is 0 Å². The van der Waals surface area contributed by atoms with Crippen LogP contribution in [0.15, 0.2) is 0 Å². The monoisotopic (exact) mass is 304 g/mol. The van der Waals surface area contributed by atoms with Gasteiger partial charge in [0.05, 0.1) is 5.92 Å². The van der Waals surface area contributed by atoms with Crippen molar-refractivity contribution < 1.29 is 13.2 Å². The summed E-state index contributed by atoms with van der Waals surface area (Å²) in [7, 11) is 0. The lowest BCUT2D eigenvalue weighted by Gasteiger charge is -2.49. The molecule has 0 aromatic heterocycles. The molecule has 3 aliphatic rings. The SMILES string of the molecule is FC(F)(F)C1CCCC(N2CCCC3(CCCNC3)C2)C1. The van der Waals surface area contributed by atoms with E-state index < -0.39 is 12.1 Å². The summed E-state index contributed by atoms with van der Waals surface area (Å²) in [6.07, 6.45) is 3.19. The van der Waals surface area contributed by atoms with Crippen LogP contribution in [0.5, 0.6) is 0 Å². The van der Waals surface area contributed by atoms with E-state index in [1.165, 1.54) is 19.3 Å². The van der Waals surface area contributed by atoms with E-state index in [9.17, 15) is 13.2 Å². The molecule has 3 fully saturated rings. The maximum Gasteiger partial charge on any atom is 0.391 e. The predicted octanol–water partition coefficient (Wildman–Crippen LogP) is 3.57. The van der Waals surface area contributed by atoms with Gasteiger partial charge in [0.25, 0.3) is 0 Å². The van der Waals surface area contributed by atoms with Gasteiger partial charge in [-0.25, -0.2) is 0 Å². The fourth-order valence-corrected chi connectivity index (χ4v) is 4.73. The number of halogens is 3. The molecule has 0 amide bonds. The lowest BCUT2D eigenvalue weighted by atomic mass is 9.73. The van der Waals surface area contributed by atoms with Crippen molar-refractivity contribution in [3.05, 3.63) is 0 Å². The number of rotatable bonds is 1. The van der Waals surface area contributed by atoms with Gasteiger partial charge in [0, 0.05) is 19.1 Å². The van der Waals surface area contributed by atoms with Crippen molar-refractivity contribution in [3.8, 4) is 0 Å². The Morgan fingerprint density at radius 2 is 1.86 bits per heavy atom. The quantitative estimate of drug-likeness (QED) is 0.796. The molecule has 0 bridgehead atoms. The Balaban J connectivity index is 1.63. The summed E-state index contributed by atoms with van der Waals surface area (Å²) in [4.78, 5) is 2.40. The second kappa shape index (κ2) is 6.07. The van der Waals surface area contributed by atoms with Crippen LogP contribution in [-0.4, -0.2) is 43.3 Å². The van der Waals surface area contributed by atoms with E-state index in [1.807, 2.05) is 0 Å². The Labute approximate surface area is 125 Å². The van der Waals surface area contributed by atoms with Gasteiger partial charge in [-0.2, -0.15) is 13.2 Å². The van der Waals surface area contributed by atoms with E-state index in [2.05, 4.69) is 10.2 Å². The van der Waals surface area contributed by atoms with Crippen molar-refractivity contribution in [2.24, 2.45) is 11.3 Å². The van der Waals surface area contributed by atoms with E-state index in [0.717, 1.165) is 45.4 Å². The molecule has 21 heavy (non-hydrogen) atoms. The maximum absolute atomic E-state index is 13.0. The third kappa shape index (κ3) is 3.55. The van der Waals surface area contributed by atoms with Crippen LogP contribution >= 0.6 is 0 Å². The molecule has 2 aliphatic heterocycles. The van der Waals surface area contributed by atoms with Crippen LogP contribution in [0.4, 0.5) is 13.2 Å². The molecule has 2 saturated heterocycles. The molecule has 1 N–H and O–H groups in total. The van der Waals surface area contributed by atoms with Crippen molar-refractivity contribution in [1.29, 1.82) is 0 Å². The zero-order valence-electron chi connectivity index (χ0n) is 12.7. The standard InChI is InChI=1S/C16H27F3N2/c17-16(18,19)13-4-1-5-14(10-13)21-9-3-7-15(12-21)6-2-8-20-11-15/h13-14,20H,1-12H2. The molecule has 1 saturated carbocycles. The van der Waals surface area contributed by atoms with Gasteiger partial charge in [-0.15, -0.1) is 0 Å². The Bertz CT molecular complexity index is 344. The minimum atomic E-state index is -4.00. The van der Waals surface area contributed by atoms with E-state index in [-0.39, 0.29) is 6.04 Å². The fraction of sp³-hybridized carbons (Fsp3) is 1.00. The molecule has 2 nitrogen and oxygen atoms in total. The van der Waals surface area contributed by atoms with Gasteiger partial charge in [0.1, 0.15) is 0 Å². The first-order valence-electron chi connectivity index (χ1n) is 8.50. The van der Waals surface area contributed by atoms with Gasteiger partial charge >= 0.3 is 6.18 Å². The molecular formula is C16H27F3N2. The number of alkyl halides is 3. The number of hydrogen-bond donors (Lipinski definition) is 1. The number of piperidine rings is 2. The van der Waals surface area contributed by atoms with E-state index in [1.54, 1.807) is 0 Å². The molecule has 5 heteroatoms. The van der Waals surface area contributed by atoms with Gasteiger partial charge in [-0.05, 0) is 63.5 Å². The largest absolute Gasteiger partial charge is 0.391 e. The van der Waals surface area contributed by atoms with Gasteiger partial charge in [-0.3, -0.25) is 4.90 Å². The van der Waals surface area contributed by atoms with Gasteiger partial charge in [-0.1, -0.05) is 6.42 Å². The molecule has 1 aliphatic carbocycles.